The van der Waals surface area contributed by atoms with Crippen molar-refractivity contribution in [3.8, 4) is 17.1 Å². The fourth-order valence-electron chi connectivity index (χ4n) is 2.88. The summed E-state index contributed by atoms with van der Waals surface area (Å²) in [4.78, 5) is -0.170. The molecule has 156 valence electrons. The standard InChI is InChI=1S/C18H18F3N3O4S/c1-12-17(16-4-3-11-27-16)13(2)24(23-12)10-9-22-29(25,26)15-7-5-14(6-8-15)28-18(19,20)21/h3-8,11,22H,9-10H2,1-2H3. The van der Waals surface area contributed by atoms with E-state index in [2.05, 4.69) is 14.6 Å². The highest BCUT2D eigenvalue weighted by Gasteiger charge is 2.31. The first kappa shape index (κ1) is 20.9. The molecule has 0 saturated carbocycles. The predicted molar refractivity (Wildman–Crippen MR) is 97.7 cm³/mol. The third-order valence-corrected chi connectivity index (χ3v) is 5.61. The van der Waals surface area contributed by atoms with Crippen LogP contribution in [0, 0.1) is 13.8 Å². The lowest BCUT2D eigenvalue weighted by molar-refractivity contribution is -0.274. The minimum absolute atomic E-state index is 0.0443. The molecule has 0 amide bonds. The number of furan rings is 1. The van der Waals surface area contributed by atoms with Crippen LogP contribution in [0.2, 0.25) is 0 Å². The van der Waals surface area contributed by atoms with E-state index in [0.717, 1.165) is 41.2 Å². The molecule has 0 aliphatic rings. The van der Waals surface area contributed by atoms with E-state index in [-0.39, 0.29) is 18.0 Å². The Kier molecular flexibility index (Phi) is 5.71. The Morgan fingerprint density at radius 3 is 2.45 bits per heavy atom. The minimum atomic E-state index is -4.84. The molecule has 29 heavy (non-hydrogen) atoms. The van der Waals surface area contributed by atoms with Crippen LogP contribution in [-0.2, 0) is 16.6 Å². The number of rotatable bonds is 7. The summed E-state index contributed by atoms with van der Waals surface area (Å²) in [5, 5.41) is 4.40. The molecule has 0 aliphatic carbocycles. The molecule has 11 heteroatoms. The number of hydrogen-bond acceptors (Lipinski definition) is 5. The van der Waals surface area contributed by atoms with E-state index >= 15 is 0 Å². The highest BCUT2D eigenvalue weighted by Crippen LogP contribution is 2.27. The molecule has 0 radical (unpaired) electrons. The zero-order chi connectivity index (χ0) is 21.2. The molecule has 7 nitrogen and oxygen atoms in total. The Bertz CT molecular complexity index is 1070. The molecule has 2 heterocycles. The molecule has 0 saturated heterocycles. The fraction of sp³-hybridized carbons (Fsp3) is 0.278. The quantitative estimate of drug-likeness (QED) is 0.620. The van der Waals surface area contributed by atoms with Gasteiger partial charge in [0.1, 0.15) is 11.5 Å². The first-order chi connectivity index (χ1) is 13.6. The van der Waals surface area contributed by atoms with Crippen LogP contribution in [0.1, 0.15) is 11.4 Å². The first-order valence-electron chi connectivity index (χ1n) is 8.50. The molecule has 1 N–H and O–H groups in total. The summed E-state index contributed by atoms with van der Waals surface area (Å²) in [6.07, 6.45) is -3.28. The minimum Gasteiger partial charge on any atom is -0.464 e. The van der Waals surface area contributed by atoms with Crippen LogP contribution in [0.25, 0.3) is 11.3 Å². The Hall–Kier alpha value is -2.79. The first-order valence-corrected chi connectivity index (χ1v) is 9.98. The average Bonchev–Trinajstić information content (AvgIpc) is 3.22. The Morgan fingerprint density at radius 2 is 1.86 bits per heavy atom. The molecule has 1 aromatic carbocycles. The van der Waals surface area contributed by atoms with Crippen molar-refractivity contribution in [3.05, 3.63) is 54.0 Å². The predicted octanol–water partition coefficient (Wildman–Crippen LogP) is 3.64. The van der Waals surface area contributed by atoms with Gasteiger partial charge in [0.05, 0.1) is 29.0 Å². The highest BCUT2D eigenvalue weighted by atomic mass is 32.2. The van der Waals surface area contributed by atoms with Crippen LogP contribution in [-0.4, -0.2) is 31.1 Å². The summed E-state index contributed by atoms with van der Waals surface area (Å²) in [5.41, 5.74) is 2.42. The molecule has 0 bridgehead atoms. The lowest BCUT2D eigenvalue weighted by Crippen LogP contribution is -2.28. The molecule has 3 rings (SSSR count). The van der Waals surface area contributed by atoms with Crippen LogP contribution in [0.3, 0.4) is 0 Å². The Balaban J connectivity index is 1.65. The largest absolute Gasteiger partial charge is 0.573 e. The number of aromatic nitrogens is 2. The third-order valence-electron chi connectivity index (χ3n) is 4.13. The summed E-state index contributed by atoms with van der Waals surface area (Å²) >= 11 is 0. The number of aryl methyl sites for hydroxylation is 1. The maximum absolute atomic E-state index is 12.3. The van der Waals surface area contributed by atoms with Crippen LogP contribution in [0.4, 0.5) is 13.2 Å². The number of benzene rings is 1. The monoisotopic (exact) mass is 429 g/mol. The van der Waals surface area contributed by atoms with Crippen LogP contribution in [0.15, 0.2) is 52.0 Å². The van der Waals surface area contributed by atoms with Gasteiger partial charge >= 0.3 is 6.36 Å². The van der Waals surface area contributed by atoms with Crippen molar-refractivity contribution in [1.29, 1.82) is 0 Å². The summed E-state index contributed by atoms with van der Waals surface area (Å²) in [5.74, 6) is 0.178. The van der Waals surface area contributed by atoms with Gasteiger partial charge in [-0.25, -0.2) is 13.1 Å². The van der Waals surface area contributed by atoms with Crippen LogP contribution < -0.4 is 9.46 Å². The van der Waals surface area contributed by atoms with Gasteiger partial charge in [-0.05, 0) is 50.2 Å². The zero-order valence-electron chi connectivity index (χ0n) is 15.5. The van der Waals surface area contributed by atoms with Crippen LogP contribution in [0.5, 0.6) is 5.75 Å². The number of halogens is 3. The topological polar surface area (TPSA) is 86.4 Å². The Labute approximate surface area is 165 Å². The molecule has 0 unspecified atom stereocenters. The summed E-state index contributed by atoms with van der Waals surface area (Å²) < 4.78 is 74.5. The number of sulfonamides is 1. The van der Waals surface area contributed by atoms with E-state index < -0.39 is 22.1 Å². The van der Waals surface area contributed by atoms with Gasteiger partial charge in [-0.15, -0.1) is 13.2 Å². The molecule has 0 fully saturated rings. The molecule has 0 spiro atoms. The van der Waals surface area contributed by atoms with Gasteiger partial charge in [0.15, 0.2) is 0 Å². The van der Waals surface area contributed by atoms with Gasteiger partial charge in [0.25, 0.3) is 0 Å². The van der Waals surface area contributed by atoms with Crippen LogP contribution >= 0.6 is 0 Å². The Morgan fingerprint density at radius 1 is 1.17 bits per heavy atom. The van der Waals surface area contributed by atoms with Crippen molar-refractivity contribution in [2.45, 2.75) is 31.7 Å². The van der Waals surface area contributed by atoms with Crippen molar-refractivity contribution in [2.24, 2.45) is 0 Å². The second kappa shape index (κ2) is 7.91. The van der Waals surface area contributed by atoms with Crippen molar-refractivity contribution < 1.29 is 30.7 Å². The third kappa shape index (κ3) is 4.98. The van der Waals surface area contributed by atoms with E-state index in [1.165, 1.54) is 0 Å². The second-order valence-corrected chi connectivity index (χ2v) is 7.93. The van der Waals surface area contributed by atoms with Gasteiger partial charge in [0.2, 0.25) is 10.0 Å². The van der Waals surface area contributed by atoms with Gasteiger partial charge in [-0.1, -0.05) is 0 Å². The molecule has 0 aliphatic heterocycles. The highest BCUT2D eigenvalue weighted by molar-refractivity contribution is 7.89. The molecule has 3 aromatic rings. The lowest BCUT2D eigenvalue weighted by atomic mass is 10.1. The van der Waals surface area contributed by atoms with E-state index in [9.17, 15) is 21.6 Å². The number of nitrogens with one attached hydrogen (secondary N) is 1. The average molecular weight is 429 g/mol. The van der Waals surface area contributed by atoms with E-state index in [1.807, 2.05) is 19.9 Å². The van der Waals surface area contributed by atoms with Crippen molar-refractivity contribution in [3.63, 3.8) is 0 Å². The number of hydrogen-bond donors (Lipinski definition) is 1. The summed E-state index contributed by atoms with van der Waals surface area (Å²) in [6, 6.07) is 7.56. The normalized spacial score (nSPS) is 12.3. The maximum atomic E-state index is 12.3. The van der Waals surface area contributed by atoms with Gasteiger partial charge < -0.3 is 9.15 Å². The van der Waals surface area contributed by atoms with Gasteiger partial charge in [-0.2, -0.15) is 5.10 Å². The van der Waals surface area contributed by atoms with Gasteiger partial charge in [0, 0.05) is 12.2 Å². The summed E-state index contributed by atoms with van der Waals surface area (Å²) in [6.45, 7) is 3.99. The van der Waals surface area contributed by atoms with Crippen molar-refractivity contribution >= 4 is 10.0 Å². The van der Waals surface area contributed by atoms with E-state index in [4.69, 9.17) is 4.42 Å². The number of alkyl halides is 3. The number of nitrogens with zero attached hydrogens (tertiary/aromatic N) is 2. The van der Waals surface area contributed by atoms with Gasteiger partial charge in [-0.3, -0.25) is 4.68 Å². The SMILES string of the molecule is Cc1nn(CCNS(=O)(=O)c2ccc(OC(F)(F)F)cc2)c(C)c1-c1ccco1. The molecule has 0 atom stereocenters. The molecular formula is C18H18F3N3O4S. The van der Waals surface area contributed by atoms with E-state index in [0.29, 0.717) is 5.76 Å². The number of ether oxygens (including phenoxy) is 1. The van der Waals surface area contributed by atoms with Crippen molar-refractivity contribution in [2.75, 3.05) is 6.54 Å². The maximum Gasteiger partial charge on any atom is 0.573 e. The fourth-order valence-corrected chi connectivity index (χ4v) is 3.90. The summed E-state index contributed by atoms with van der Waals surface area (Å²) in [7, 11) is -3.90. The zero-order valence-corrected chi connectivity index (χ0v) is 16.3. The molecular weight excluding hydrogens is 411 g/mol. The van der Waals surface area contributed by atoms with Crippen molar-refractivity contribution in [1.82, 2.24) is 14.5 Å². The smallest absolute Gasteiger partial charge is 0.464 e. The molecule has 2 aromatic heterocycles. The second-order valence-electron chi connectivity index (χ2n) is 6.16. The van der Waals surface area contributed by atoms with E-state index in [1.54, 1.807) is 17.0 Å². The lowest BCUT2D eigenvalue weighted by Gasteiger charge is -2.10.